The van der Waals surface area contributed by atoms with Gasteiger partial charge in [0.1, 0.15) is 0 Å². The molecule has 11 N–H and O–H groups in total. The maximum atomic E-state index is 12.7. The number of fused-ring (bicyclic) bond motifs is 2. The van der Waals surface area contributed by atoms with Gasteiger partial charge in [-0.25, -0.2) is 24.7 Å². The number of anilines is 4. The summed E-state index contributed by atoms with van der Waals surface area (Å²) in [5.41, 5.74) is 23.0. The van der Waals surface area contributed by atoms with Crippen molar-refractivity contribution < 1.29 is 65.5 Å². The predicted octanol–water partition coefficient (Wildman–Crippen LogP) is 1.63. The number of Topliss-reactive ketones (excluding diaryl/α,β-unsaturated/α-hetero) is 1. The Morgan fingerprint density at radius 2 is 1.10 bits per heavy atom. The molecule has 0 radical (unpaired) electrons. The monoisotopic (exact) mass is 957 g/mol. The minimum atomic E-state index is -1.41. The molecule has 0 aliphatic carbocycles. The molecule has 4 aromatic carbocycles. The Hall–Kier alpha value is -8.93. The number of aromatic amines is 2. The van der Waals surface area contributed by atoms with Crippen molar-refractivity contribution >= 4 is 69.2 Å². The molecule has 8 aromatic rings. The summed E-state index contributed by atoms with van der Waals surface area (Å²) in [5.74, 6) is -4.13. The SMILES string of the molecule is Nc1nc2ncc(CNc3ccc(C(=O)C[C@H](C(=O)O)c4ccccc4)cc3)nc2c(=O)[nH]1.O=C(O)[C@@H](O)c1ccccc1.[H-].[N-]=[N+]=NC(=O)c1ccc(NCc2cnc3nc(N)[nH]c(=O)c3n2)cc1.[Na+]. The van der Waals surface area contributed by atoms with Crippen molar-refractivity contribution in [3.8, 4) is 0 Å². The number of H-pyrrole nitrogens is 2. The van der Waals surface area contributed by atoms with Crippen LogP contribution in [0, 0.1) is 0 Å². The third-order valence-electron chi connectivity index (χ3n) is 9.63. The fourth-order valence-corrected chi connectivity index (χ4v) is 6.21. The third-order valence-corrected chi connectivity index (χ3v) is 9.63. The van der Waals surface area contributed by atoms with Crippen molar-refractivity contribution in [3.63, 3.8) is 0 Å². The molecule has 0 aliphatic heterocycles. The number of nitrogens with two attached hydrogens (primary N) is 2. The van der Waals surface area contributed by atoms with Gasteiger partial charge in [-0.1, -0.05) is 60.7 Å². The Morgan fingerprint density at radius 1 is 0.657 bits per heavy atom. The largest absolute Gasteiger partial charge is 1.00 e. The molecule has 8 rings (SSSR count). The molecule has 0 spiro atoms. The number of rotatable bonds is 14. The van der Waals surface area contributed by atoms with E-state index in [0.29, 0.717) is 40.3 Å². The fraction of sp³-hybridized carbons (Fsp3) is 0.111. The zero-order chi connectivity index (χ0) is 49.5. The van der Waals surface area contributed by atoms with E-state index >= 15 is 0 Å². The molecule has 0 unspecified atom stereocenters. The first kappa shape index (κ1) is 52.0. The van der Waals surface area contributed by atoms with Gasteiger partial charge in [-0.2, -0.15) is 9.97 Å². The number of carboxylic acids is 2. The van der Waals surface area contributed by atoms with Gasteiger partial charge in [-0.05, 0) is 70.3 Å². The number of nitrogens with zero attached hydrogens (tertiary/aromatic N) is 9. The molecular formula is C45H40N15NaO9. The molecule has 25 heteroatoms. The summed E-state index contributed by atoms with van der Waals surface area (Å²) in [6.07, 6.45) is 1.44. The Morgan fingerprint density at radius 3 is 1.53 bits per heavy atom. The van der Waals surface area contributed by atoms with Crippen molar-refractivity contribution in [1.82, 2.24) is 39.9 Å². The second kappa shape index (κ2) is 24.7. The minimum Gasteiger partial charge on any atom is -1.00 e. The first-order chi connectivity index (χ1) is 33.2. The molecule has 1 amide bonds. The number of aromatic nitrogens is 8. The van der Waals surface area contributed by atoms with Crippen LogP contribution in [-0.2, 0) is 22.7 Å². The van der Waals surface area contributed by atoms with Gasteiger partial charge in [0.15, 0.2) is 34.2 Å². The number of aliphatic hydroxyl groups is 1. The summed E-state index contributed by atoms with van der Waals surface area (Å²) in [7, 11) is 0. The summed E-state index contributed by atoms with van der Waals surface area (Å²) in [5, 5.41) is 36.2. The van der Waals surface area contributed by atoms with E-state index in [2.05, 4.69) is 60.5 Å². The molecule has 0 bridgehead atoms. The standard InChI is InChI=1S/C23H20N6O4.C14H11N9O2.C8H8O3.Na.H/c24-23-28-20-19(21(31)29-23)27-16(12-26-20)11-25-15-8-6-14(7-9-15)18(30)10-17(22(32)33)13-4-2-1-3-5-13;15-14-20-11-10(13(25)21-14)19-9(6-18-11)5-17-8-3-1-7(2-4-8)12(24)22-23-16;9-7(8(10)11)6-4-2-1-3-5-6;;/h1-9,12,17,25H,10-11H2,(H,32,33)(H3,24,26,28,29,31);1-4,6,17H,5H2,(H3,15,18,20,21,25);1-5,7,9H,(H,10,11);;/q;;;+1;-1/t17-;;7-;;/m0.0../s1. The number of ketones is 1. The predicted molar refractivity (Wildman–Crippen MR) is 252 cm³/mol. The number of nitrogens with one attached hydrogen (secondary N) is 4. The van der Waals surface area contributed by atoms with Crippen molar-refractivity contribution in [3.05, 3.63) is 186 Å². The molecule has 0 saturated heterocycles. The van der Waals surface area contributed by atoms with Gasteiger partial charge in [-0.3, -0.25) is 33.9 Å². The number of carbonyl (C=O) groups is 4. The summed E-state index contributed by atoms with van der Waals surface area (Å²) >= 11 is 0. The second-order valence-corrected chi connectivity index (χ2v) is 14.4. The van der Waals surface area contributed by atoms with E-state index in [-0.39, 0.29) is 89.5 Å². The van der Waals surface area contributed by atoms with Crippen molar-refractivity contribution in [2.45, 2.75) is 31.5 Å². The Balaban J connectivity index is 0.000000254. The van der Waals surface area contributed by atoms with Gasteiger partial charge in [0.2, 0.25) is 17.8 Å². The fourth-order valence-electron chi connectivity index (χ4n) is 6.21. The van der Waals surface area contributed by atoms with Crippen molar-refractivity contribution in [1.29, 1.82) is 0 Å². The van der Waals surface area contributed by atoms with E-state index in [1.54, 1.807) is 97.1 Å². The van der Waals surface area contributed by atoms with Crippen LogP contribution in [0.25, 0.3) is 32.8 Å². The van der Waals surface area contributed by atoms with Gasteiger partial charge in [0.05, 0.1) is 42.8 Å². The van der Waals surface area contributed by atoms with E-state index in [9.17, 15) is 33.9 Å². The first-order valence-corrected chi connectivity index (χ1v) is 20.3. The van der Waals surface area contributed by atoms with Crippen molar-refractivity contribution in [2.24, 2.45) is 5.11 Å². The maximum Gasteiger partial charge on any atom is 1.00 e. The topological polar surface area (TPSA) is 397 Å². The zero-order valence-electron chi connectivity index (χ0n) is 37.8. The van der Waals surface area contributed by atoms with Crippen LogP contribution in [-0.4, -0.2) is 78.8 Å². The molecule has 0 fully saturated rings. The number of nitrogen functional groups attached to an aromatic ring is 2. The number of azide groups is 1. The van der Waals surface area contributed by atoms with Crippen LogP contribution >= 0.6 is 0 Å². The van der Waals surface area contributed by atoms with E-state index in [0.717, 1.165) is 5.69 Å². The summed E-state index contributed by atoms with van der Waals surface area (Å²) in [6.45, 7) is 0.589. The molecule has 0 saturated carbocycles. The molecule has 2 atom stereocenters. The van der Waals surface area contributed by atoms with E-state index in [4.69, 9.17) is 27.2 Å². The maximum absolute atomic E-state index is 12.7. The number of carbonyl (C=O) groups excluding carboxylic acids is 2. The van der Waals surface area contributed by atoms with Crippen LogP contribution in [0.2, 0.25) is 0 Å². The van der Waals surface area contributed by atoms with Crippen LogP contribution in [0.5, 0.6) is 0 Å². The number of aliphatic carboxylic acids is 2. The number of hydrogen-bond donors (Lipinski definition) is 9. The molecule has 0 aliphatic rings. The van der Waals surface area contributed by atoms with Crippen LogP contribution in [0.1, 0.15) is 63.1 Å². The van der Waals surface area contributed by atoms with Crippen LogP contribution in [0.3, 0.4) is 0 Å². The van der Waals surface area contributed by atoms with Gasteiger partial charge < -0.3 is 38.8 Å². The second-order valence-electron chi connectivity index (χ2n) is 14.4. The van der Waals surface area contributed by atoms with Gasteiger partial charge in [-0.15, -0.1) is 0 Å². The quantitative estimate of drug-likeness (QED) is 0.0246. The average Bonchev–Trinajstić information content (AvgIpc) is 3.35. The number of benzene rings is 4. The summed E-state index contributed by atoms with van der Waals surface area (Å²) in [4.78, 5) is 101. The molecule has 4 heterocycles. The third kappa shape index (κ3) is 14.3. The van der Waals surface area contributed by atoms with Crippen molar-refractivity contribution in [2.75, 3.05) is 22.1 Å². The van der Waals surface area contributed by atoms with Gasteiger partial charge in [0.25, 0.3) is 11.1 Å². The molecular weight excluding hydrogens is 918 g/mol. The zero-order valence-corrected chi connectivity index (χ0v) is 38.8. The summed E-state index contributed by atoms with van der Waals surface area (Å²) < 4.78 is 0. The van der Waals surface area contributed by atoms with E-state index in [1.165, 1.54) is 24.5 Å². The molecule has 24 nitrogen and oxygen atoms in total. The van der Waals surface area contributed by atoms with Crippen LogP contribution in [0.15, 0.2) is 136 Å². The smallest absolute Gasteiger partial charge is 1.00 e. The molecule has 350 valence electrons. The number of carboxylic acid groups (broad SMARTS) is 2. The van der Waals surface area contributed by atoms with E-state index in [1.807, 2.05) is 0 Å². The van der Waals surface area contributed by atoms with Gasteiger partial charge >= 0.3 is 41.5 Å². The number of aliphatic hydroxyl groups excluding tert-OH is 1. The normalized spacial score (nSPS) is 11.2. The Labute approximate surface area is 417 Å². The van der Waals surface area contributed by atoms with Gasteiger partial charge in [0, 0.05) is 33.8 Å². The Bertz CT molecular complexity index is 3310. The van der Waals surface area contributed by atoms with E-state index < -0.39 is 41.0 Å². The summed E-state index contributed by atoms with van der Waals surface area (Å²) in [6, 6.07) is 30.0. The molecule has 70 heavy (non-hydrogen) atoms. The minimum absolute atomic E-state index is 0. The first-order valence-electron chi connectivity index (χ1n) is 20.3. The number of amides is 1. The number of hydrogen-bond acceptors (Lipinski definition) is 17. The van der Waals surface area contributed by atoms with Crippen LogP contribution in [0.4, 0.5) is 23.3 Å². The van der Waals surface area contributed by atoms with Crippen LogP contribution < -0.4 is 62.8 Å². The Kier molecular flexibility index (Phi) is 18.4. The average molecular weight is 958 g/mol. The molecule has 4 aromatic heterocycles.